The molecular weight excluding hydrogens is 394 g/mol. The van der Waals surface area contributed by atoms with Gasteiger partial charge in [-0.25, -0.2) is 9.31 Å². The first-order valence-corrected chi connectivity index (χ1v) is 11.1. The summed E-state index contributed by atoms with van der Waals surface area (Å²) < 4.78 is 1.94. The van der Waals surface area contributed by atoms with E-state index >= 15 is 0 Å². The third-order valence-electron chi connectivity index (χ3n) is 5.64. The highest BCUT2D eigenvalue weighted by Gasteiger charge is 2.27. The highest BCUT2D eigenvalue weighted by molar-refractivity contribution is 7.17. The fourth-order valence-corrected chi connectivity index (χ4v) is 5.34. The number of hydrogen-bond acceptors (Lipinski definition) is 4. The summed E-state index contributed by atoms with van der Waals surface area (Å²) in [5.74, 6) is 0.711. The summed E-state index contributed by atoms with van der Waals surface area (Å²) in [4.78, 5) is 21.3. The molecule has 28 heavy (non-hydrogen) atoms. The molecule has 1 fully saturated rings. The van der Waals surface area contributed by atoms with E-state index in [1.165, 1.54) is 29.8 Å². The van der Waals surface area contributed by atoms with Crippen LogP contribution < -0.4 is 5.32 Å². The molecular formula is C20H22ClN5OS. The number of benzene rings is 1. The van der Waals surface area contributed by atoms with Crippen LogP contribution in [0.25, 0.3) is 16.3 Å². The van der Waals surface area contributed by atoms with Crippen LogP contribution in [0.15, 0.2) is 24.3 Å². The van der Waals surface area contributed by atoms with Gasteiger partial charge in [-0.05, 0) is 37.1 Å². The Hall–Kier alpha value is -2.12. The largest absolute Gasteiger partial charge is 0.335 e. The van der Waals surface area contributed by atoms with Crippen LogP contribution in [-0.2, 0) is 13.0 Å². The zero-order valence-electron chi connectivity index (χ0n) is 15.5. The summed E-state index contributed by atoms with van der Waals surface area (Å²) >= 11 is 7.60. The molecule has 0 unspecified atom stereocenters. The van der Waals surface area contributed by atoms with E-state index in [1.807, 2.05) is 33.7 Å². The number of aromatic nitrogens is 3. The minimum atomic E-state index is 0.0680. The maximum atomic E-state index is 12.7. The number of nitrogens with one attached hydrogen (secondary N) is 1. The Morgan fingerprint density at radius 1 is 1.18 bits per heavy atom. The lowest BCUT2D eigenvalue weighted by Crippen LogP contribution is -2.47. The first kappa shape index (κ1) is 17.9. The van der Waals surface area contributed by atoms with E-state index < -0.39 is 0 Å². The summed E-state index contributed by atoms with van der Waals surface area (Å²) in [5, 5.41) is 8.63. The number of hydrogen-bond donors (Lipinski definition) is 1. The first-order chi connectivity index (χ1) is 13.7. The standard InChI is InChI=1S/C20H22ClN5OS/c21-14-8-6-13(7-9-14)18-23-20-26(24-18)16-10-11-25(12-17(16)28-20)19(27)22-15-4-2-1-3-5-15/h6-9,15H,1-5,10-12H2,(H,22,27). The number of thiazole rings is 1. The fourth-order valence-electron chi connectivity index (χ4n) is 4.10. The summed E-state index contributed by atoms with van der Waals surface area (Å²) in [5.41, 5.74) is 2.13. The van der Waals surface area contributed by atoms with Gasteiger partial charge in [0.15, 0.2) is 5.82 Å². The normalized spacial score (nSPS) is 17.7. The molecule has 3 aromatic rings. The van der Waals surface area contributed by atoms with Gasteiger partial charge >= 0.3 is 6.03 Å². The Morgan fingerprint density at radius 3 is 2.75 bits per heavy atom. The molecule has 146 valence electrons. The van der Waals surface area contributed by atoms with Crippen molar-refractivity contribution in [1.82, 2.24) is 24.8 Å². The third-order valence-corrected chi connectivity index (χ3v) is 6.95. The van der Waals surface area contributed by atoms with Crippen molar-refractivity contribution in [2.24, 2.45) is 0 Å². The monoisotopic (exact) mass is 415 g/mol. The van der Waals surface area contributed by atoms with E-state index in [0.29, 0.717) is 30.0 Å². The number of fused-ring (bicyclic) bond motifs is 3. The topological polar surface area (TPSA) is 62.5 Å². The molecule has 0 radical (unpaired) electrons. The molecule has 2 aliphatic rings. The quantitative estimate of drug-likeness (QED) is 0.669. The van der Waals surface area contributed by atoms with Crippen molar-refractivity contribution < 1.29 is 4.79 Å². The summed E-state index contributed by atoms with van der Waals surface area (Å²) in [6.07, 6.45) is 6.75. The summed E-state index contributed by atoms with van der Waals surface area (Å²) in [6, 6.07) is 7.98. The lowest BCUT2D eigenvalue weighted by Gasteiger charge is -2.30. The second-order valence-corrected chi connectivity index (χ2v) is 9.06. The van der Waals surface area contributed by atoms with E-state index in [0.717, 1.165) is 29.8 Å². The van der Waals surface area contributed by atoms with Crippen LogP contribution in [0.3, 0.4) is 0 Å². The van der Waals surface area contributed by atoms with Crippen LogP contribution in [-0.4, -0.2) is 38.1 Å². The molecule has 3 heterocycles. The second-order valence-electron chi connectivity index (χ2n) is 7.56. The van der Waals surface area contributed by atoms with Gasteiger partial charge in [0.2, 0.25) is 4.96 Å². The zero-order valence-corrected chi connectivity index (χ0v) is 17.1. The number of nitrogens with zero attached hydrogens (tertiary/aromatic N) is 4. The Balaban J connectivity index is 1.33. The van der Waals surface area contributed by atoms with Gasteiger partial charge in [-0.3, -0.25) is 0 Å². The minimum Gasteiger partial charge on any atom is -0.335 e. The SMILES string of the molecule is O=C(NC1CCCCC1)N1CCc2c(sc3nc(-c4ccc(Cl)cc4)nn23)C1. The van der Waals surface area contributed by atoms with Crippen molar-refractivity contribution in [3.05, 3.63) is 39.9 Å². The van der Waals surface area contributed by atoms with E-state index in [1.54, 1.807) is 11.3 Å². The Morgan fingerprint density at radius 2 is 1.96 bits per heavy atom. The number of carbonyl (C=O) groups excluding carboxylic acids is 1. The van der Waals surface area contributed by atoms with Crippen LogP contribution in [0, 0.1) is 0 Å². The Bertz CT molecular complexity index is 1010. The van der Waals surface area contributed by atoms with Gasteiger partial charge < -0.3 is 10.2 Å². The highest BCUT2D eigenvalue weighted by Crippen LogP contribution is 2.30. The van der Waals surface area contributed by atoms with Crippen molar-refractivity contribution in [2.45, 2.75) is 51.1 Å². The van der Waals surface area contributed by atoms with Crippen LogP contribution in [0.4, 0.5) is 4.79 Å². The van der Waals surface area contributed by atoms with Crippen LogP contribution >= 0.6 is 22.9 Å². The summed E-state index contributed by atoms with van der Waals surface area (Å²) in [6.45, 7) is 1.35. The third kappa shape index (κ3) is 3.37. The van der Waals surface area contributed by atoms with E-state index in [4.69, 9.17) is 16.7 Å². The van der Waals surface area contributed by atoms with Crippen molar-refractivity contribution in [2.75, 3.05) is 6.54 Å². The highest BCUT2D eigenvalue weighted by atomic mass is 35.5. The molecule has 2 amide bonds. The molecule has 1 aliphatic heterocycles. The average Bonchev–Trinajstić information content (AvgIpc) is 3.26. The first-order valence-electron chi connectivity index (χ1n) is 9.86. The van der Waals surface area contributed by atoms with Crippen LogP contribution in [0.5, 0.6) is 0 Å². The lowest BCUT2D eigenvalue weighted by atomic mass is 9.96. The Kier molecular flexibility index (Phi) is 4.72. The van der Waals surface area contributed by atoms with Gasteiger partial charge in [-0.15, -0.1) is 5.10 Å². The molecule has 1 saturated carbocycles. The maximum Gasteiger partial charge on any atom is 0.317 e. The molecule has 1 aromatic carbocycles. The smallest absolute Gasteiger partial charge is 0.317 e. The van der Waals surface area contributed by atoms with Crippen LogP contribution in [0.1, 0.15) is 42.7 Å². The second kappa shape index (κ2) is 7.37. The predicted octanol–water partition coefficient (Wildman–Crippen LogP) is 4.51. The van der Waals surface area contributed by atoms with Gasteiger partial charge in [0.1, 0.15) is 0 Å². The van der Waals surface area contributed by atoms with Crippen LogP contribution in [0.2, 0.25) is 5.02 Å². The number of halogens is 1. The predicted molar refractivity (Wildman–Crippen MR) is 111 cm³/mol. The molecule has 1 aliphatic carbocycles. The average molecular weight is 416 g/mol. The maximum absolute atomic E-state index is 12.7. The van der Waals surface area contributed by atoms with Crippen molar-refractivity contribution in [3.63, 3.8) is 0 Å². The zero-order chi connectivity index (χ0) is 19.1. The van der Waals surface area contributed by atoms with Gasteiger partial charge in [0.25, 0.3) is 0 Å². The van der Waals surface area contributed by atoms with E-state index in [9.17, 15) is 4.79 Å². The fraction of sp³-hybridized carbons (Fsp3) is 0.450. The molecule has 0 saturated heterocycles. The van der Waals surface area contributed by atoms with Gasteiger partial charge in [0.05, 0.1) is 12.2 Å². The molecule has 8 heteroatoms. The molecule has 5 rings (SSSR count). The van der Waals surface area contributed by atoms with Crippen molar-refractivity contribution in [1.29, 1.82) is 0 Å². The molecule has 6 nitrogen and oxygen atoms in total. The summed E-state index contributed by atoms with van der Waals surface area (Å²) in [7, 11) is 0. The lowest BCUT2D eigenvalue weighted by molar-refractivity contribution is 0.185. The number of rotatable bonds is 2. The molecule has 0 spiro atoms. The van der Waals surface area contributed by atoms with E-state index in [2.05, 4.69) is 10.3 Å². The Labute approximate surface area is 172 Å². The minimum absolute atomic E-state index is 0.0680. The van der Waals surface area contributed by atoms with E-state index in [-0.39, 0.29) is 6.03 Å². The van der Waals surface area contributed by atoms with Crippen molar-refractivity contribution in [3.8, 4) is 11.4 Å². The number of carbonyl (C=O) groups is 1. The van der Waals surface area contributed by atoms with Gasteiger partial charge in [-0.2, -0.15) is 4.98 Å². The van der Waals surface area contributed by atoms with Gasteiger partial charge in [0, 0.05) is 34.5 Å². The number of urea groups is 1. The molecule has 1 N–H and O–H groups in total. The molecule has 2 aromatic heterocycles. The molecule has 0 atom stereocenters. The van der Waals surface area contributed by atoms with Gasteiger partial charge in [-0.1, -0.05) is 42.2 Å². The van der Waals surface area contributed by atoms with Crippen molar-refractivity contribution >= 4 is 33.9 Å². The molecule has 0 bridgehead atoms. The number of amides is 2.